The first-order valence-corrected chi connectivity index (χ1v) is 9.16. The van der Waals surface area contributed by atoms with Crippen molar-refractivity contribution in [2.45, 2.75) is 13.5 Å². The maximum absolute atomic E-state index is 13.3. The zero-order valence-electron chi connectivity index (χ0n) is 14.0. The van der Waals surface area contributed by atoms with Gasteiger partial charge in [-0.2, -0.15) is 0 Å². The van der Waals surface area contributed by atoms with Crippen molar-refractivity contribution < 1.29 is 9.13 Å². The van der Waals surface area contributed by atoms with E-state index in [0.717, 1.165) is 26.9 Å². The SMILES string of the molecule is Cc1c(Cl)cccc1N=Cc1cc(Br)ccc1OCc1cccc(F)c1. The van der Waals surface area contributed by atoms with Gasteiger partial charge in [-0.05, 0) is 60.5 Å². The molecular formula is C21H16BrClFNO. The van der Waals surface area contributed by atoms with Crippen molar-refractivity contribution >= 4 is 39.4 Å². The van der Waals surface area contributed by atoms with Crippen molar-refractivity contribution in [3.8, 4) is 5.75 Å². The largest absolute Gasteiger partial charge is 0.488 e. The van der Waals surface area contributed by atoms with Gasteiger partial charge in [-0.15, -0.1) is 0 Å². The van der Waals surface area contributed by atoms with Crippen molar-refractivity contribution in [1.82, 2.24) is 0 Å². The topological polar surface area (TPSA) is 21.6 Å². The molecule has 0 aliphatic rings. The van der Waals surface area contributed by atoms with E-state index in [4.69, 9.17) is 16.3 Å². The predicted octanol–water partition coefficient (Wildman–Crippen LogP) is 6.88. The maximum Gasteiger partial charge on any atom is 0.128 e. The standard InChI is InChI=1S/C21H16BrClFNO/c1-14-19(23)6-3-7-20(14)25-12-16-11-17(22)8-9-21(16)26-13-15-4-2-5-18(24)10-15/h2-12H,13H2,1H3. The Morgan fingerprint density at radius 1 is 1.12 bits per heavy atom. The molecule has 0 spiro atoms. The summed E-state index contributed by atoms with van der Waals surface area (Å²) < 4.78 is 20.1. The Balaban J connectivity index is 1.84. The van der Waals surface area contributed by atoms with E-state index in [1.165, 1.54) is 12.1 Å². The summed E-state index contributed by atoms with van der Waals surface area (Å²) in [6.07, 6.45) is 1.74. The molecule has 3 rings (SSSR count). The average molecular weight is 433 g/mol. The summed E-state index contributed by atoms with van der Waals surface area (Å²) in [5.74, 6) is 0.390. The van der Waals surface area contributed by atoms with Crippen molar-refractivity contribution in [1.29, 1.82) is 0 Å². The van der Waals surface area contributed by atoms with Crippen molar-refractivity contribution in [2.75, 3.05) is 0 Å². The molecule has 0 radical (unpaired) electrons. The summed E-state index contributed by atoms with van der Waals surface area (Å²) in [5.41, 5.74) is 3.30. The summed E-state index contributed by atoms with van der Waals surface area (Å²) in [7, 11) is 0. The van der Waals surface area contributed by atoms with Gasteiger partial charge in [-0.3, -0.25) is 4.99 Å². The molecule has 26 heavy (non-hydrogen) atoms. The van der Waals surface area contributed by atoms with Crippen LogP contribution in [0.25, 0.3) is 0 Å². The molecule has 0 aromatic heterocycles. The molecule has 3 aromatic rings. The number of halogens is 3. The van der Waals surface area contributed by atoms with E-state index in [0.29, 0.717) is 10.8 Å². The Morgan fingerprint density at radius 3 is 2.73 bits per heavy atom. The Labute approximate surface area is 165 Å². The van der Waals surface area contributed by atoms with Crippen LogP contribution in [0.5, 0.6) is 5.75 Å². The summed E-state index contributed by atoms with van der Waals surface area (Å²) in [6.45, 7) is 2.20. The highest BCUT2D eigenvalue weighted by Crippen LogP contribution is 2.27. The number of ether oxygens (including phenoxy) is 1. The molecule has 0 aliphatic carbocycles. The van der Waals surface area contributed by atoms with Crippen LogP contribution >= 0.6 is 27.5 Å². The quantitative estimate of drug-likeness (QED) is 0.403. The summed E-state index contributed by atoms with van der Waals surface area (Å²) >= 11 is 9.61. The lowest BCUT2D eigenvalue weighted by molar-refractivity contribution is 0.305. The molecule has 3 aromatic carbocycles. The minimum absolute atomic E-state index is 0.274. The highest BCUT2D eigenvalue weighted by molar-refractivity contribution is 9.10. The average Bonchev–Trinajstić information content (AvgIpc) is 2.62. The molecule has 0 bridgehead atoms. The zero-order chi connectivity index (χ0) is 18.5. The molecule has 5 heteroatoms. The zero-order valence-corrected chi connectivity index (χ0v) is 16.4. The van der Waals surface area contributed by atoms with Crippen LogP contribution in [0.1, 0.15) is 16.7 Å². The van der Waals surface area contributed by atoms with Crippen LogP contribution in [0.2, 0.25) is 5.02 Å². The van der Waals surface area contributed by atoms with Crippen LogP contribution in [0, 0.1) is 12.7 Å². The summed E-state index contributed by atoms with van der Waals surface area (Å²) in [6, 6.07) is 17.6. The molecule has 0 saturated heterocycles. The fourth-order valence-corrected chi connectivity index (χ4v) is 2.96. The molecular weight excluding hydrogens is 417 g/mol. The Hall–Kier alpha value is -2.17. The van der Waals surface area contributed by atoms with Gasteiger partial charge in [0, 0.05) is 21.3 Å². The van der Waals surface area contributed by atoms with Crippen LogP contribution in [0.3, 0.4) is 0 Å². The fourth-order valence-electron chi connectivity index (χ4n) is 2.41. The molecule has 0 fully saturated rings. The monoisotopic (exact) mass is 431 g/mol. The lowest BCUT2D eigenvalue weighted by atomic mass is 10.2. The first-order valence-electron chi connectivity index (χ1n) is 7.99. The van der Waals surface area contributed by atoms with E-state index in [2.05, 4.69) is 20.9 Å². The van der Waals surface area contributed by atoms with E-state index >= 15 is 0 Å². The third-order valence-corrected chi connectivity index (χ3v) is 4.74. The molecule has 0 saturated carbocycles. The Morgan fingerprint density at radius 2 is 1.92 bits per heavy atom. The lowest BCUT2D eigenvalue weighted by Crippen LogP contribution is -1.99. The van der Waals surface area contributed by atoms with E-state index in [-0.39, 0.29) is 12.4 Å². The third-order valence-electron chi connectivity index (χ3n) is 3.84. The number of hydrogen-bond acceptors (Lipinski definition) is 2. The predicted molar refractivity (Wildman–Crippen MR) is 108 cm³/mol. The molecule has 2 nitrogen and oxygen atoms in total. The van der Waals surface area contributed by atoms with Crippen LogP contribution < -0.4 is 4.74 Å². The molecule has 0 atom stereocenters. The van der Waals surface area contributed by atoms with Crippen molar-refractivity contribution in [3.05, 3.63) is 92.7 Å². The maximum atomic E-state index is 13.3. The number of benzene rings is 3. The van der Waals surface area contributed by atoms with Gasteiger partial charge >= 0.3 is 0 Å². The number of hydrogen-bond donors (Lipinski definition) is 0. The van der Waals surface area contributed by atoms with E-state index in [1.807, 2.05) is 49.4 Å². The number of aliphatic imine (C=N–C) groups is 1. The van der Waals surface area contributed by atoms with Crippen LogP contribution in [0.4, 0.5) is 10.1 Å². The first kappa shape index (κ1) is 18.6. The minimum Gasteiger partial charge on any atom is -0.488 e. The molecule has 0 unspecified atom stereocenters. The second kappa shape index (κ2) is 8.47. The van der Waals surface area contributed by atoms with Crippen LogP contribution in [0.15, 0.2) is 70.1 Å². The third kappa shape index (κ3) is 4.71. The number of rotatable bonds is 5. The van der Waals surface area contributed by atoms with E-state index in [9.17, 15) is 4.39 Å². The van der Waals surface area contributed by atoms with Crippen LogP contribution in [-0.4, -0.2) is 6.21 Å². The highest BCUT2D eigenvalue weighted by Gasteiger charge is 2.05. The molecule has 0 heterocycles. The van der Waals surface area contributed by atoms with Gasteiger partial charge in [-0.1, -0.05) is 45.7 Å². The summed E-state index contributed by atoms with van der Waals surface area (Å²) in [5, 5.41) is 0.677. The van der Waals surface area contributed by atoms with Gasteiger partial charge in [0.2, 0.25) is 0 Å². The molecule has 0 N–H and O–H groups in total. The molecule has 0 aliphatic heterocycles. The van der Waals surface area contributed by atoms with Crippen LogP contribution in [-0.2, 0) is 6.61 Å². The van der Waals surface area contributed by atoms with E-state index in [1.54, 1.807) is 12.3 Å². The van der Waals surface area contributed by atoms with Gasteiger partial charge in [0.05, 0.1) is 5.69 Å². The summed E-state index contributed by atoms with van der Waals surface area (Å²) in [4.78, 5) is 4.54. The molecule has 0 amide bonds. The Bertz CT molecular complexity index is 958. The van der Waals surface area contributed by atoms with Gasteiger partial charge in [-0.25, -0.2) is 4.39 Å². The van der Waals surface area contributed by atoms with E-state index < -0.39 is 0 Å². The van der Waals surface area contributed by atoms with Gasteiger partial charge in [0.1, 0.15) is 18.2 Å². The lowest BCUT2D eigenvalue weighted by Gasteiger charge is -2.10. The van der Waals surface area contributed by atoms with Crippen molar-refractivity contribution in [2.24, 2.45) is 4.99 Å². The van der Waals surface area contributed by atoms with Gasteiger partial charge < -0.3 is 4.74 Å². The first-order chi connectivity index (χ1) is 12.5. The second-order valence-electron chi connectivity index (χ2n) is 5.74. The highest BCUT2D eigenvalue weighted by atomic mass is 79.9. The minimum atomic E-state index is -0.278. The fraction of sp³-hybridized carbons (Fsp3) is 0.0952. The normalized spacial score (nSPS) is 11.1. The second-order valence-corrected chi connectivity index (χ2v) is 7.07. The Kier molecular flexibility index (Phi) is 6.07. The smallest absolute Gasteiger partial charge is 0.128 e. The number of nitrogens with zero attached hydrogens (tertiary/aromatic N) is 1. The molecule has 132 valence electrons. The van der Waals surface area contributed by atoms with Gasteiger partial charge in [0.25, 0.3) is 0 Å². The van der Waals surface area contributed by atoms with Crippen molar-refractivity contribution in [3.63, 3.8) is 0 Å². The van der Waals surface area contributed by atoms with Gasteiger partial charge in [0.15, 0.2) is 0 Å².